The molecule has 0 unspecified atom stereocenters. The maximum absolute atomic E-state index is 12.9. The van der Waals surface area contributed by atoms with Gasteiger partial charge in [-0.25, -0.2) is 9.37 Å². The number of hydrazine groups is 1. The smallest absolute Gasteiger partial charge is 0.244 e. The molecule has 0 bridgehead atoms. The van der Waals surface area contributed by atoms with Crippen LogP contribution in [0.3, 0.4) is 0 Å². The number of carbonyl (C=O) groups excluding carboxylic acids is 2. The van der Waals surface area contributed by atoms with Crippen LogP contribution in [0.15, 0.2) is 29.6 Å². The second-order valence-corrected chi connectivity index (χ2v) is 6.38. The lowest BCUT2D eigenvalue weighted by molar-refractivity contribution is -0.129. The first-order chi connectivity index (χ1) is 10.9. The standard InChI is InChI=1S/C16H18FN3O2S/c1-10(2)7-14(21)19-20-15(22)8-13-9-23-16(18-13)11-3-5-12(17)6-4-11/h3-6,9-10H,7-8H2,1-2H3,(H,19,21)(H,20,22). The molecule has 122 valence electrons. The summed E-state index contributed by atoms with van der Waals surface area (Å²) >= 11 is 1.38. The van der Waals surface area contributed by atoms with Gasteiger partial charge >= 0.3 is 0 Å². The molecule has 0 saturated heterocycles. The molecule has 0 saturated carbocycles. The molecule has 0 aliphatic carbocycles. The van der Waals surface area contributed by atoms with Gasteiger partial charge in [0.05, 0.1) is 12.1 Å². The molecule has 7 heteroatoms. The van der Waals surface area contributed by atoms with Crippen LogP contribution in [-0.2, 0) is 16.0 Å². The number of nitrogens with one attached hydrogen (secondary N) is 2. The molecule has 0 aliphatic heterocycles. The lowest BCUT2D eigenvalue weighted by Gasteiger charge is -2.07. The molecular weight excluding hydrogens is 317 g/mol. The van der Waals surface area contributed by atoms with Crippen molar-refractivity contribution in [2.75, 3.05) is 0 Å². The third kappa shape index (κ3) is 5.45. The Morgan fingerprint density at radius 1 is 1.17 bits per heavy atom. The van der Waals surface area contributed by atoms with E-state index in [0.717, 1.165) is 10.6 Å². The van der Waals surface area contributed by atoms with Crippen molar-refractivity contribution in [2.24, 2.45) is 5.92 Å². The highest BCUT2D eigenvalue weighted by molar-refractivity contribution is 7.13. The van der Waals surface area contributed by atoms with Crippen molar-refractivity contribution in [1.82, 2.24) is 15.8 Å². The minimum atomic E-state index is -0.335. The van der Waals surface area contributed by atoms with Crippen molar-refractivity contribution in [3.05, 3.63) is 41.2 Å². The molecule has 2 aromatic rings. The molecule has 2 rings (SSSR count). The lowest BCUT2D eigenvalue weighted by Crippen LogP contribution is -2.42. The summed E-state index contributed by atoms with van der Waals surface area (Å²) in [6.07, 6.45) is 0.422. The lowest BCUT2D eigenvalue weighted by atomic mass is 10.1. The summed E-state index contributed by atoms with van der Waals surface area (Å²) in [6.45, 7) is 3.85. The summed E-state index contributed by atoms with van der Waals surface area (Å²) in [5, 5.41) is 2.49. The van der Waals surface area contributed by atoms with Crippen LogP contribution in [0.5, 0.6) is 0 Å². The summed E-state index contributed by atoms with van der Waals surface area (Å²) in [6, 6.07) is 6.02. The van der Waals surface area contributed by atoms with E-state index in [1.807, 2.05) is 13.8 Å². The Bertz CT molecular complexity index is 683. The average molecular weight is 335 g/mol. The van der Waals surface area contributed by atoms with E-state index >= 15 is 0 Å². The minimum Gasteiger partial charge on any atom is -0.273 e. The van der Waals surface area contributed by atoms with Crippen LogP contribution in [0.25, 0.3) is 10.6 Å². The van der Waals surface area contributed by atoms with E-state index in [9.17, 15) is 14.0 Å². The van der Waals surface area contributed by atoms with E-state index in [1.54, 1.807) is 17.5 Å². The predicted octanol–water partition coefficient (Wildman–Crippen LogP) is 2.69. The number of hydrogen-bond donors (Lipinski definition) is 2. The Balaban J connectivity index is 1.87. The van der Waals surface area contributed by atoms with Gasteiger partial charge in [0.2, 0.25) is 11.8 Å². The van der Waals surface area contributed by atoms with Crippen molar-refractivity contribution in [3.63, 3.8) is 0 Å². The van der Waals surface area contributed by atoms with Crippen molar-refractivity contribution in [1.29, 1.82) is 0 Å². The number of carbonyl (C=O) groups is 2. The first-order valence-electron chi connectivity index (χ1n) is 7.22. The second kappa shape index (κ2) is 7.82. The average Bonchev–Trinajstić information content (AvgIpc) is 2.93. The van der Waals surface area contributed by atoms with E-state index in [-0.39, 0.29) is 30.0 Å². The van der Waals surface area contributed by atoms with Gasteiger partial charge in [-0.05, 0) is 30.2 Å². The van der Waals surface area contributed by atoms with Crippen LogP contribution in [0.1, 0.15) is 26.0 Å². The highest BCUT2D eigenvalue weighted by Crippen LogP contribution is 2.23. The van der Waals surface area contributed by atoms with Crippen molar-refractivity contribution in [3.8, 4) is 10.6 Å². The fourth-order valence-corrected chi connectivity index (χ4v) is 2.71. The molecular formula is C16H18FN3O2S. The highest BCUT2D eigenvalue weighted by atomic mass is 32.1. The number of thiazole rings is 1. The van der Waals surface area contributed by atoms with Gasteiger partial charge in [0, 0.05) is 17.4 Å². The number of amides is 2. The number of hydrogen-bond acceptors (Lipinski definition) is 4. The van der Waals surface area contributed by atoms with Gasteiger partial charge in [-0.3, -0.25) is 20.4 Å². The van der Waals surface area contributed by atoms with Crippen LogP contribution in [-0.4, -0.2) is 16.8 Å². The van der Waals surface area contributed by atoms with Crippen LogP contribution in [0.2, 0.25) is 0 Å². The summed E-state index contributed by atoms with van der Waals surface area (Å²) in [7, 11) is 0. The number of rotatable bonds is 5. The fourth-order valence-electron chi connectivity index (χ4n) is 1.88. The van der Waals surface area contributed by atoms with Gasteiger partial charge in [0.15, 0.2) is 0 Å². The predicted molar refractivity (Wildman–Crippen MR) is 87.0 cm³/mol. The molecule has 0 spiro atoms. The van der Waals surface area contributed by atoms with Gasteiger partial charge in [-0.2, -0.15) is 0 Å². The Morgan fingerprint density at radius 2 is 1.83 bits per heavy atom. The quantitative estimate of drug-likeness (QED) is 0.825. The molecule has 23 heavy (non-hydrogen) atoms. The van der Waals surface area contributed by atoms with E-state index < -0.39 is 0 Å². The summed E-state index contributed by atoms with van der Waals surface area (Å²) in [5.41, 5.74) is 6.14. The monoisotopic (exact) mass is 335 g/mol. The Kier molecular flexibility index (Phi) is 5.81. The van der Waals surface area contributed by atoms with E-state index in [1.165, 1.54) is 23.5 Å². The van der Waals surface area contributed by atoms with E-state index in [2.05, 4.69) is 15.8 Å². The third-order valence-corrected chi connectivity index (χ3v) is 3.86. The zero-order valence-corrected chi connectivity index (χ0v) is 13.7. The SMILES string of the molecule is CC(C)CC(=O)NNC(=O)Cc1csc(-c2ccc(F)cc2)n1. The number of halogens is 1. The molecule has 1 aromatic carbocycles. The van der Waals surface area contributed by atoms with Gasteiger partial charge in [0.1, 0.15) is 10.8 Å². The molecule has 1 aromatic heterocycles. The Morgan fingerprint density at radius 3 is 2.48 bits per heavy atom. The van der Waals surface area contributed by atoms with Crippen LogP contribution < -0.4 is 10.9 Å². The molecule has 0 aliphatic rings. The molecule has 1 heterocycles. The third-order valence-electron chi connectivity index (χ3n) is 2.92. The van der Waals surface area contributed by atoms with Crippen LogP contribution in [0.4, 0.5) is 4.39 Å². The number of benzene rings is 1. The minimum absolute atomic E-state index is 0.0691. The maximum Gasteiger partial charge on any atom is 0.244 e. The number of aromatic nitrogens is 1. The summed E-state index contributed by atoms with van der Waals surface area (Å²) < 4.78 is 12.9. The second-order valence-electron chi connectivity index (χ2n) is 5.52. The topological polar surface area (TPSA) is 71.1 Å². The Hall–Kier alpha value is -2.28. The van der Waals surface area contributed by atoms with Gasteiger partial charge < -0.3 is 0 Å². The maximum atomic E-state index is 12.9. The molecule has 0 fully saturated rings. The normalized spacial score (nSPS) is 10.6. The number of nitrogens with zero attached hydrogens (tertiary/aromatic N) is 1. The molecule has 2 amide bonds. The van der Waals surface area contributed by atoms with Gasteiger partial charge in [-0.15, -0.1) is 11.3 Å². The van der Waals surface area contributed by atoms with Crippen LogP contribution >= 0.6 is 11.3 Å². The summed E-state index contributed by atoms with van der Waals surface area (Å²) in [4.78, 5) is 27.6. The van der Waals surface area contributed by atoms with Gasteiger partial charge in [-0.1, -0.05) is 13.8 Å². The zero-order chi connectivity index (χ0) is 16.8. The van der Waals surface area contributed by atoms with Crippen molar-refractivity contribution in [2.45, 2.75) is 26.7 Å². The largest absolute Gasteiger partial charge is 0.273 e. The van der Waals surface area contributed by atoms with Crippen molar-refractivity contribution < 1.29 is 14.0 Å². The van der Waals surface area contributed by atoms with E-state index in [0.29, 0.717) is 12.1 Å². The first kappa shape index (κ1) is 17.1. The molecule has 2 N–H and O–H groups in total. The van der Waals surface area contributed by atoms with Crippen molar-refractivity contribution >= 4 is 23.2 Å². The van der Waals surface area contributed by atoms with E-state index in [4.69, 9.17) is 0 Å². The zero-order valence-electron chi connectivity index (χ0n) is 12.9. The first-order valence-corrected chi connectivity index (χ1v) is 8.10. The van der Waals surface area contributed by atoms with Crippen LogP contribution in [0, 0.1) is 11.7 Å². The summed E-state index contributed by atoms with van der Waals surface area (Å²) in [5.74, 6) is -0.637. The van der Waals surface area contributed by atoms with Gasteiger partial charge in [0.25, 0.3) is 0 Å². The molecule has 0 atom stereocenters. The Labute approximate surface area is 137 Å². The molecule has 0 radical (unpaired) electrons. The molecule has 5 nitrogen and oxygen atoms in total. The fraction of sp³-hybridized carbons (Fsp3) is 0.312. The highest BCUT2D eigenvalue weighted by Gasteiger charge is 2.10.